The smallest absolute Gasteiger partial charge is 0.328 e. The molecule has 2 rings (SSSR count). The van der Waals surface area contributed by atoms with E-state index in [9.17, 15) is 9.59 Å². The quantitative estimate of drug-likeness (QED) is 0.801. The lowest BCUT2D eigenvalue weighted by atomic mass is 9.86. The van der Waals surface area contributed by atoms with Crippen molar-refractivity contribution < 1.29 is 14.3 Å². The van der Waals surface area contributed by atoms with E-state index in [1.165, 1.54) is 12.7 Å². The van der Waals surface area contributed by atoms with Gasteiger partial charge in [0.15, 0.2) is 0 Å². The Hall–Kier alpha value is -2.33. The molecule has 4 nitrogen and oxygen atoms in total. The number of methoxy groups -OCH3 is 1. The van der Waals surface area contributed by atoms with Gasteiger partial charge in [0.05, 0.1) is 17.7 Å². The number of ether oxygens (including phenoxy) is 1. The Balaban J connectivity index is 2.16. The van der Waals surface area contributed by atoms with Crippen LogP contribution in [-0.2, 0) is 21.4 Å². The van der Waals surface area contributed by atoms with E-state index in [1.54, 1.807) is 24.3 Å². The van der Waals surface area contributed by atoms with Crippen molar-refractivity contribution in [3.05, 3.63) is 70.2 Å². The SMILES string of the molecule is COC(=O)[C@@H](Cc1ccc(C(C)(C)C)cc1)NC(=O)c1ccccc1Cl. The summed E-state index contributed by atoms with van der Waals surface area (Å²) in [6.45, 7) is 6.43. The number of benzene rings is 2. The molecule has 0 aliphatic heterocycles. The molecule has 0 radical (unpaired) electrons. The van der Waals surface area contributed by atoms with E-state index in [0.29, 0.717) is 17.0 Å². The standard InChI is InChI=1S/C21H24ClNO3/c1-21(2,3)15-11-9-14(10-12-15)13-18(20(25)26-4)23-19(24)16-7-5-6-8-17(16)22/h5-12,18H,13H2,1-4H3,(H,23,24)/t18-/m1/s1. The third kappa shape index (κ3) is 5.09. The summed E-state index contributed by atoms with van der Waals surface area (Å²) in [5.74, 6) is -0.900. The van der Waals surface area contributed by atoms with Gasteiger partial charge < -0.3 is 10.1 Å². The summed E-state index contributed by atoms with van der Waals surface area (Å²) in [5.41, 5.74) is 2.52. The topological polar surface area (TPSA) is 55.4 Å². The van der Waals surface area contributed by atoms with Gasteiger partial charge in [-0.05, 0) is 28.7 Å². The van der Waals surface area contributed by atoms with Crippen molar-refractivity contribution in [2.45, 2.75) is 38.6 Å². The van der Waals surface area contributed by atoms with Gasteiger partial charge in [-0.1, -0.05) is 68.8 Å². The van der Waals surface area contributed by atoms with Gasteiger partial charge in [-0.25, -0.2) is 4.79 Å². The molecule has 2 aromatic carbocycles. The monoisotopic (exact) mass is 373 g/mol. The summed E-state index contributed by atoms with van der Waals surface area (Å²) >= 11 is 6.06. The van der Waals surface area contributed by atoms with Crippen molar-refractivity contribution in [2.24, 2.45) is 0 Å². The van der Waals surface area contributed by atoms with Crippen molar-refractivity contribution in [1.29, 1.82) is 0 Å². The third-order valence-electron chi connectivity index (χ3n) is 4.17. The Morgan fingerprint density at radius 1 is 1.08 bits per heavy atom. The highest BCUT2D eigenvalue weighted by Crippen LogP contribution is 2.22. The maximum Gasteiger partial charge on any atom is 0.328 e. The number of carbonyl (C=O) groups is 2. The second-order valence-corrected chi connectivity index (χ2v) is 7.59. The van der Waals surface area contributed by atoms with Crippen LogP contribution in [0.1, 0.15) is 42.3 Å². The fourth-order valence-corrected chi connectivity index (χ4v) is 2.81. The van der Waals surface area contributed by atoms with E-state index in [2.05, 4.69) is 26.1 Å². The van der Waals surface area contributed by atoms with Gasteiger partial charge in [-0.3, -0.25) is 4.79 Å². The molecule has 0 heterocycles. The van der Waals surface area contributed by atoms with Crippen molar-refractivity contribution in [3.63, 3.8) is 0 Å². The highest BCUT2D eigenvalue weighted by atomic mass is 35.5. The highest BCUT2D eigenvalue weighted by molar-refractivity contribution is 6.33. The minimum Gasteiger partial charge on any atom is -0.467 e. The Bertz CT molecular complexity index is 779. The minimum absolute atomic E-state index is 0.0541. The molecular formula is C21H24ClNO3. The number of hydrogen-bond acceptors (Lipinski definition) is 3. The molecular weight excluding hydrogens is 350 g/mol. The molecule has 0 bridgehead atoms. The molecule has 26 heavy (non-hydrogen) atoms. The molecule has 1 amide bonds. The van der Waals surface area contributed by atoms with Gasteiger partial charge in [0.25, 0.3) is 5.91 Å². The fourth-order valence-electron chi connectivity index (χ4n) is 2.59. The van der Waals surface area contributed by atoms with Crippen LogP contribution in [0.5, 0.6) is 0 Å². The molecule has 0 unspecified atom stereocenters. The lowest BCUT2D eigenvalue weighted by molar-refractivity contribution is -0.142. The largest absolute Gasteiger partial charge is 0.467 e. The number of amides is 1. The number of rotatable bonds is 5. The van der Waals surface area contributed by atoms with Gasteiger partial charge in [0, 0.05) is 6.42 Å². The molecule has 1 atom stereocenters. The first-order valence-electron chi connectivity index (χ1n) is 8.45. The molecule has 0 aromatic heterocycles. The van der Waals surface area contributed by atoms with E-state index in [4.69, 9.17) is 16.3 Å². The summed E-state index contributed by atoms with van der Waals surface area (Å²) < 4.78 is 4.84. The molecule has 5 heteroatoms. The second-order valence-electron chi connectivity index (χ2n) is 7.18. The predicted octanol–water partition coefficient (Wildman–Crippen LogP) is 4.15. The maximum absolute atomic E-state index is 12.5. The second kappa shape index (κ2) is 8.37. The normalized spacial score (nSPS) is 12.3. The predicted molar refractivity (Wildman–Crippen MR) is 104 cm³/mol. The summed E-state index contributed by atoms with van der Waals surface area (Å²) in [4.78, 5) is 24.6. The van der Waals surface area contributed by atoms with Crippen molar-refractivity contribution in [3.8, 4) is 0 Å². The van der Waals surface area contributed by atoms with Gasteiger partial charge in [-0.15, -0.1) is 0 Å². The zero-order valence-corrected chi connectivity index (χ0v) is 16.3. The Labute approximate surface area is 159 Å². The third-order valence-corrected chi connectivity index (χ3v) is 4.50. The number of nitrogens with one attached hydrogen (secondary N) is 1. The van der Waals surface area contributed by atoms with Crippen LogP contribution in [0.2, 0.25) is 5.02 Å². The van der Waals surface area contributed by atoms with Gasteiger partial charge in [0.1, 0.15) is 6.04 Å². The van der Waals surface area contributed by atoms with Crippen LogP contribution in [0.15, 0.2) is 48.5 Å². The zero-order valence-electron chi connectivity index (χ0n) is 15.5. The van der Waals surface area contributed by atoms with E-state index >= 15 is 0 Å². The summed E-state index contributed by atoms with van der Waals surface area (Å²) in [5, 5.41) is 3.06. The molecule has 0 aliphatic rings. The molecule has 0 aliphatic carbocycles. The molecule has 0 saturated heterocycles. The molecule has 1 N–H and O–H groups in total. The lowest BCUT2D eigenvalue weighted by Crippen LogP contribution is -2.43. The Morgan fingerprint density at radius 2 is 1.69 bits per heavy atom. The number of halogens is 1. The Morgan fingerprint density at radius 3 is 2.23 bits per heavy atom. The Kier molecular flexibility index (Phi) is 6.43. The molecule has 138 valence electrons. The average Bonchev–Trinajstić information content (AvgIpc) is 2.60. The summed E-state index contributed by atoms with van der Waals surface area (Å²) in [6.07, 6.45) is 0.341. The first-order valence-corrected chi connectivity index (χ1v) is 8.83. The summed E-state index contributed by atoms with van der Waals surface area (Å²) in [6, 6.07) is 13.9. The number of carbonyl (C=O) groups excluding carboxylic acids is 2. The summed E-state index contributed by atoms with van der Waals surface area (Å²) in [7, 11) is 1.31. The van der Waals surface area contributed by atoms with Crippen molar-refractivity contribution in [1.82, 2.24) is 5.32 Å². The maximum atomic E-state index is 12.5. The van der Waals surface area contributed by atoms with E-state index in [1.807, 2.05) is 24.3 Å². The van der Waals surface area contributed by atoms with E-state index in [-0.39, 0.29) is 5.41 Å². The van der Waals surface area contributed by atoms with Crippen LogP contribution in [0, 0.1) is 0 Å². The van der Waals surface area contributed by atoms with Crippen molar-refractivity contribution >= 4 is 23.5 Å². The first kappa shape index (κ1) is 20.0. The first-order chi connectivity index (χ1) is 12.2. The van der Waals surface area contributed by atoms with Crippen LogP contribution in [0.3, 0.4) is 0 Å². The van der Waals surface area contributed by atoms with Crippen LogP contribution >= 0.6 is 11.6 Å². The molecule has 2 aromatic rings. The fraction of sp³-hybridized carbons (Fsp3) is 0.333. The average molecular weight is 374 g/mol. The van der Waals surface area contributed by atoms with E-state index in [0.717, 1.165) is 5.56 Å². The molecule has 0 fully saturated rings. The lowest BCUT2D eigenvalue weighted by Gasteiger charge is -2.20. The van der Waals surface area contributed by atoms with E-state index < -0.39 is 17.9 Å². The highest BCUT2D eigenvalue weighted by Gasteiger charge is 2.24. The van der Waals surface area contributed by atoms with Crippen LogP contribution in [-0.4, -0.2) is 25.0 Å². The number of hydrogen-bond donors (Lipinski definition) is 1. The van der Waals surface area contributed by atoms with Crippen LogP contribution in [0.25, 0.3) is 0 Å². The minimum atomic E-state index is -0.788. The molecule has 0 saturated carbocycles. The zero-order chi connectivity index (χ0) is 19.3. The molecule has 0 spiro atoms. The number of esters is 1. The van der Waals surface area contributed by atoms with Crippen molar-refractivity contribution in [2.75, 3.05) is 7.11 Å². The van der Waals surface area contributed by atoms with Gasteiger partial charge >= 0.3 is 5.97 Å². The van der Waals surface area contributed by atoms with Gasteiger partial charge in [-0.2, -0.15) is 0 Å². The van der Waals surface area contributed by atoms with Crippen LogP contribution in [0.4, 0.5) is 0 Å². The van der Waals surface area contributed by atoms with Gasteiger partial charge in [0.2, 0.25) is 0 Å². The van der Waals surface area contributed by atoms with Crippen LogP contribution < -0.4 is 5.32 Å².